The quantitative estimate of drug-likeness (QED) is 0.510. The van der Waals surface area contributed by atoms with E-state index in [0.717, 1.165) is 38.7 Å². The van der Waals surface area contributed by atoms with Crippen LogP contribution in [0.5, 0.6) is 0 Å². The Balaban J connectivity index is 2.19. The Kier molecular flexibility index (Phi) is 2.33. The lowest BCUT2D eigenvalue weighted by atomic mass is 10.0. The van der Waals surface area contributed by atoms with Crippen LogP contribution >= 0.6 is 0 Å². The van der Waals surface area contributed by atoms with Gasteiger partial charge >= 0.3 is 0 Å². The van der Waals surface area contributed by atoms with Gasteiger partial charge in [0.05, 0.1) is 12.0 Å². The van der Waals surface area contributed by atoms with Crippen LogP contribution in [0.15, 0.2) is 59.5 Å². The maximum absolute atomic E-state index is 5.58. The zero-order valence-corrected chi connectivity index (χ0v) is 11.0. The van der Waals surface area contributed by atoms with E-state index in [1.54, 1.807) is 6.26 Å². The van der Waals surface area contributed by atoms with Crippen molar-refractivity contribution in [2.24, 2.45) is 0 Å². The van der Waals surface area contributed by atoms with Crippen molar-refractivity contribution in [3.8, 4) is 11.3 Å². The van der Waals surface area contributed by atoms with Gasteiger partial charge in [-0.2, -0.15) is 0 Å². The number of nitrogens with zero attached hydrogens (tertiary/aromatic N) is 2. The Morgan fingerprint density at radius 1 is 1.05 bits per heavy atom. The van der Waals surface area contributed by atoms with Gasteiger partial charge in [-0.3, -0.25) is 9.97 Å². The van der Waals surface area contributed by atoms with Crippen LogP contribution in [0, 0.1) is 6.92 Å². The normalized spacial score (nSPS) is 11.2. The Morgan fingerprint density at radius 3 is 2.85 bits per heavy atom. The third kappa shape index (κ3) is 1.60. The van der Waals surface area contributed by atoms with Crippen LogP contribution < -0.4 is 0 Å². The first-order valence-electron chi connectivity index (χ1n) is 6.51. The Bertz CT molecular complexity index is 910. The molecular weight excluding hydrogens is 248 g/mol. The summed E-state index contributed by atoms with van der Waals surface area (Å²) < 4.78 is 5.58. The molecule has 0 spiro atoms. The fourth-order valence-electron chi connectivity index (χ4n) is 2.55. The molecule has 0 aliphatic rings. The first-order chi connectivity index (χ1) is 9.83. The zero-order chi connectivity index (χ0) is 13.5. The monoisotopic (exact) mass is 260 g/mol. The molecule has 3 heterocycles. The van der Waals surface area contributed by atoms with Gasteiger partial charge in [-0.1, -0.05) is 6.07 Å². The van der Waals surface area contributed by atoms with Crippen LogP contribution in [0.1, 0.15) is 5.56 Å². The minimum atomic E-state index is 0.833. The molecule has 0 aliphatic heterocycles. The molecule has 0 saturated heterocycles. The van der Waals surface area contributed by atoms with E-state index in [4.69, 9.17) is 4.42 Å². The third-order valence-electron chi connectivity index (χ3n) is 3.47. The molecule has 0 amide bonds. The average molecular weight is 260 g/mol. The molecule has 20 heavy (non-hydrogen) atoms. The Hall–Kier alpha value is -2.68. The number of pyridine rings is 2. The maximum Gasteiger partial charge on any atom is 0.160 e. The second-order valence-electron chi connectivity index (χ2n) is 4.89. The van der Waals surface area contributed by atoms with Crippen molar-refractivity contribution in [2.45, 2.75) is 6.92 Å². The lowest BCUT2D eigenvalue weighted by Gasteiger charge is -2.07. The van der Waals surface area contributed by atoms with Gasteiger partial charge in [-0.05, 0) is 42.8 Å². The summed E-state index contributed by atoms with van der Waals surface area (Å²) in [7, 11) is 0. The summed E-state index contributed by atoms with van der Waals surface area (Å²) in [4.78, 5) is 9.01. The fourth-order valence-corrected chi connectivity index (χ4v) is 2.55. The van der Waals surface area contributed by atoms with Crippen molar-refractivity contribution in [3.63, 3.8) is 0 Å². The van der Waals surface area contributed by atoms with Crippen molar-refractivity contribution < 1.29 is 4.42 Å². The Morgan fingerprint density at radius 2 is 2.00 bits per heavy atom. The number of aryl methyl sites for hydroxylation is 1. The molecule has 0 N–H and O–H groups in total. The van der Waals surface area contributed by atoms with Gasteiger partial charge in [0, 0.05) is 28.7 Å². The number of benzene rings is 1. The van der Waals surface area contributed by atoms with Crippen LogP contribution in [-0.2, 0) is 0 Å². The predicted octanol–water partition coefficient (Wildman–Crippen LogP) is 4.35. The van der Waals surface area contributed by atoms with Crippen LogP contribution in [0.2, 0.25) is 0 Å². The van der Waals surface area contributed by atoms with Gasteiger partial charge in [-0.15, -0.1) is 0 Å². The second-order valence-corrected chi connectivity index (χ2v) is 4.89. The Labute approximate surface area is 115 Å². The van der Waals surface area contributed by atoms with Gasteiger partial charge < -0.3 is 4.42 Å². The fraction of sp³-hybridized carbons (Fsp3) is 0.0588. The van der Waals surface area contributed by atoms with Gasteiger partial charge in [0.1, 0.15) is 5.52 Å². The lowest BCUT2D eigenvalue weighted by Crippen LogP contribution is -1.88. The number of hydrogen-bond acceptors (Lipinski definition) is 3. The van der Waals surface area contributed by atoms with E-state index >= 15 is 0 Å². The number of aromatic nitrogens is 2. The molecule has 1 aromatic carbocycles. The van der Waals surface area contributed by atoms with Crippen molar-refractivity contribution in [1.29, 1.82) is 0 Å². The van der Waals surface area contributed by atoms with E-state index in [1.807, 2.05) is 43.6 Å². The molecule has 4 rings (SSSR count). The van der Waals surface area contributed by atoms with Gasteiger partial charge in [0.25, 0.3) is 0 Å². The minimum absolute atomic E-state index is 0.833. The summed E-state index contributed by atoms with van der Waals surface area (Å²) in [5, 5.41) is 2.13. The summed E-state index contributed by atoms with van der Waals surface area (Å²) in [5.41, 5.74) is 4.89. The molecular formula is C17H12N2O. The average Bonchev–Trinajstić information content (AvgIpc) is 2.95. The summed E-state index contributed by atoms with van der Waals surface area (Å²) >= 11 is 0. The van der Waals surface area contributed by atoms with E-state index in [1.165, 1.54) is 0 Å². The molecule has 0 fully saturated rings. The van der Waals surface area contributed by atoms with E-state index in [-0.39, 0.29) is 0 Å². The number of rotatable bonds is 1. The van der Waals surface area contributed by atoms with E-state index < -0.39 is 0 Å². The summed E-state index contributed by atoms with van der Waals surface area (Å²) in [5.74, 6) is 0. The number of fused-ring (bicyclic) bond motifs is 3. The molecule has 0 atom stereocenters. The van der Waals surface area contributed by atoms with Crippen LogP contribution in [0.3, 0.4) is 0 Å². The molecule has 0 unspecified atom stereocenters. The van der Waals surface area contributed by atoms with Gasteiger partial charge in [0.2, 0.25) is 0 Å². The third-order valence-corrected chi connectivity index (χ3v) is 3.47. The number of hydrogen-bond donors (Lipinski definition) is 0. The summed E-state index contributed by atoms with van der Waals surface area (Å²) in [6.45, 7) is 2.04. The number of furan rings is 1. The van der Waals surface area contributed by atoms with Crippen molar-refractivity contribution in [2.75, 3.05) is 0 Å². The van der Waals surface area contributed by atoms with Crippen LogP contribution in [0.4, 0.5) is 0 Å². The molecule has 3 heteroatoms. The predicted molar refractivity (Wildman–Crippen MR) is 79.5 cm³/mol. The largest absolute Gasteiger partial charge is 0.462 e. The zero-order valence-electron chi connectivity index (χ0n) is 11.0. The van der Waals surface area contributed by atoms with Crippen LogP contribution in [0.25, 0.3) is 33.1 Å². The summed E-state index contributed by atoms with van der Waals surface area (Å²) in [6.07, 6.45) is 5.38. The highest BCUT2D eigenvalue weighted by Crippen LogP contribution is 2.33. The lowest BCUT2D eigenvalue weighted by molar-refractivity contribution is 0.618. The second kappa shape index (κ2) is 4.17. The standard InChI is InChI=1S/C17H12N2O/c1-11-8-14-13(15-4-2-3-6-18-15)9-12-5-7-20-17(12)16(14)19-10-11/h2-10H,1H3. The molecule has 0 bridgehead atoms. The highest BCUT2D eigenvalue weighted by Gasteiger charge is 2.12. The molecule has 0 radical (unpaired) electrons. The minimum Gasteiger partial charge on any atom is -0.462 e. The van der Waals surface area contributed by atoms with Crippen molar-refractivity contribution >= 4 is 21.9 Å². The van der Waals surface area contributed by atoms with E-state index in [9.17, 15) is 0 Å². The SMILES string of the molecule is Cc1cnc2c(c1)c(-c1ccccn1)cc1ccoc12. The summed E-state index contributed by atoms with van der Waals surface area (Å²) in [6, 6.07) is 12.1. The maximum atomic E-state index is 5.58. The van der Waals surface area contributed by atoms with E-state index in [2.05, 4.69) is 22.1 Å². The van der Waals surface area contributed by atoms with Gasteiger partial charge in [-0.25, -0.2) is 0 Å². The molecule has 3 aromatic heterocycles. The van der Waals surface area contributed by atoms with Crippen LogP contribution in [-0.4, -0.2) is 9.97 Å². The highest BCUT2D eigenvalue weighted by molar-refractivity contribution is 6.09. The first-order valence-corrected chi connectivity index (χ1v) is 6.51. The first kappa shape index (κ1) is 11.2. The molecule has 4 aromatic rings. The van der Waals surface area contributed by atoms with Gasteiger partial charge in [0.15, 0.2) is 5.58 Å². The topological polar surface area (TPSA) is 38.9 Å². The smallest absolute Gasteiger partial charge is 0.160 e. The molecule has 0 aliphatic carbocycles. The molecule has 3 nitrogen and oxygen atoms in total. The van der Waals surface area contributed by atoms with Crippen molar-refractivity contribution in [3.05, 3.63) is 60.6 Å². The highest BCUT2D eigenvalue weighted by atomic mass is 16.3. The van der Waals surface area contributed by atoms with Crippen molar-refractivity contribution in [1.82, 2.24) is 9.97 Å². The molecule has 96 valence electrons. The van der Waals surface area contributed by atoms with E-state index in [0.29, 0.717) is 0 Å². The molecule has 0 saturated carbocycles.